The number of morpholine rings is 1. The van der Waals surface area contributed by atoms with Gasteiger partial charge in [0.1, 0.15) is 5.75 Å². The number of nitrogens with two attached hydrogens (primary N) is 1. The second-order valence-corrected chi connectivity index (χ2v) is 4.67. The molecule has 0 radical (unpaired) electrons. The maximum atomic E-state index is 5.88. The first-order chi connectivity index (χ1) is 8.63. The van der Waals surface area contributed by atoms with Crippen LogP contribution in [-0.2, 0) is 4.74 Å². The SMILES string of the molecule is CC(C)Oc1cc(N)cc(NN2CCOCC2)c1. The van der Waals surface area contributed by atoms with Crippen molar-refractivity contribution in [2.75, 3.05) is 37.5 Å². The lowest BCUT2D eigenvalue weighted by Gasteiger charge is -2.28. The van der Waals surface area contributed by atoms with Crippen molar-refractivity contribution in [2.45, 2.75) is 20.0 Å². The smallest absolute Gasteiger partial charge is 0.123 e. The maximum Gasteiger partial charge on any atom is 0.123 e. The molecule has 1 aromatic rings. The first-order valence-electron chi connectivity index (χ1n) is 6.30. The molecule has 0 amide bonds. The lowest BCUT2D eigenvalue weighted by molar-refractivity contribution is 0.0497. The molecular formula is C13H21N3O2. The van der Waals surface area contributed by atoms with E-state index in [0.29, 0.717) is 5.69 Å². The summed E-state index contributed by atoms with van der Waals surface area (Å²) >= 11 is 0. The highest BCUT2D eigenvalue weighted by Crippen LogP contribution is 2.24. The summed E-state index contributed by atoms with van der Waals surface area (Å²) in [5, 5.41) is 2.12. The fourth-order valence-corrected chi connectivity index (χ4v) is 1.88. The number of anilines is 2. The van der Waals surface area contributed by atoms with Crippen LogP contribution >= 0.6 is 0 Å². The van der Waals surface area contributed by atoms with Gasteiger partial charge in [-0.15, -0.1) is 0 Å². The summed E-state index contributed by atoms with van der Waals surface area (Å²) < 4.78 is 11.0. The summed E-state index contributed by atoms with van der Waals surface area (Å²) in [5.74, 6) is 0.792. The van der Waals surface area contributed by atoms with E-state index in [-0.39, 0.29) is 6.10 Å². The predicted molar refractivity (Wildman–Crippen MR) is 72.6 cm³/mol. The van der Waals surface area contributed by atoms with Gasteiger partial charge in [-0.3, -0.25) is 0 Å². The molecule has 0 unspecified atom stereocenters. The van der Waals surface area contributed by atoms with E-state index in [0.717, 1.165) is 37.7 Å². The lowest BCUT2D eigenvalue weighted by atomic mass is 10.2. The molecule has 5 nitrogen and oxygen atoms in total. The minimum absolute atomic E-state index is 0.142. The van der Waals surface area contributed by atoms with Gasteiger partial charge in [0, 0.05) is 30.9 Å². The van der Waals surface area contributed by atoms with Gasteiger partial charge in [0.05, 0.1) is 25.0 Å². The molecule has 0 aliphatic carbocycles. The number of ether oxygens (including phenoxy) is 2. The lowest BCUT2D eigenvalue weighted by Crippen LogP contribution is -2.40. The summed E-state index contributed by atoms with van der Waals surface area (Å²) in [7, 11) is 0. The quantitative estimate of drug-likeness (QED) is 0.798. The molecule has 0 spiro atoms. The summed E-state index contributed by atoms with van der Waals surface area (Å²) in [6.07, 6.45) is 0.142. The van der Waals surface area contributed by atoms with E-state index in [2.05, 4.69) is 10.4 Å². The Bertz CT molecular complexity index is 390. The largest absolute Gasteiger partial charge is 0.491 e. The average molecular weight is 251 g/mol. The number of rotatable bonds is 4. The number of hydrogen-bond donors (Lipinski definition) is 2. The molecule has 1 aromatic carbocycles. The molecule has 3 N–H and O–H groups in total. The van der Waals surface area contributed by atoms with Crippen LogP contribution in [-0.4, -0.2) is 37.4 Å². The van der Waals surface area contributed by atoms with Gasteiger partial charge in [0.2, 0.25) is 0 Å². The van der Waals surface area contributed by atoms with E-state index in [1.807, 2.05) is 32.0 Å². The zero-order chi connectivity index (χ0) is 13.0. The van der Waals surface area contributed by atoms with Crippen molar-refractivity contribution in [1.29, 1.82) is 0 Å². The molecule has 18 heavy (non-hydrogen) atoms. The monoisotopic (exact) mass is 251 g/mol. The number of nitrogen functional groups attached to an aromatic ring is 1. The van der Waals surface area contributed by atoms with Crippen LogP contribution in [0.3, 0.4) is 0 Å². The third-order valence-corrected chi connectivity index (χ3v) is 2.60. The minimum atomic E-state index is 0.142. The Morgan fingerprint density at radius 3 is 2.67 bits per heavy atom. The van der Waals surface area contributed by atoms with E-state index in [4.69, 9.17) is 15.2 Å². The molecule has 1 heterocycles. The third kappa shape index (κ3) is 3.78. The predicted octanol–water partition coefficient (Wildman–Crippen LogP) is 1.72. The fraction of sp³-hybridized carbons (Fsp3) is 0.538. The molecule has 0 bridgehead atoms. The molecule has 1 aliphatic heterocycles. The normalized spacial score (nSPS) is 16.8. The molecule has 1 fully saturated rings. The zero-order valence-electron chi connectivity index (χ0n) is 11.0. The Balaban J connectivity index is 2.04. The zero-order valence-corrected chi connectivity index (χ0v) is 11.0. The van der Waals surface area contributed by atoms with E-state index >= 15 is 0 Å². The molecule has 100 valence electrons. The second-order valence-electron chi connectivity index (χ2n) is 4.67. The van der Waals surface area contributed by atoms with Crippen LogP contribution < -0.4 is 15.9 Å². The number of nitrogens with one attached hydrogen (secondary N) is 1. The topological polar surface area (TPSA) is 59.8 Å². The van der Waals surface area contributed by atoms with Crippen LogP contribution in [0.1, 0.15) is 13.8 Å². The Morgan fingerprint density at radius 2 is 2.00 bits per heavy atom. The van der Waals surface area contributed by atoms with Gasteiger partial charge in [0.15, 0.2) is 0 Å². The van der Waals surface area contributed by atoms with Crippen molar-refractivity contribution in [3.63, 3.8) is 0 Å². The standard InChI is InChI=1S/C13H21N3O2/c1-10(2)18-13-8-11(14)7-12(9-13)15-16-3-5-17-6-4-16/h7-10,15H,3-6,14H2,1-2H3. The molecule has 0 aromatic heterocycles. The number of benzene rings is 1. The third-order valence-electron chi connectivity index (χ3n) is 2.60. The van der Waals surface area contributed by atoms with Gasteiger partial charge >= 0.3 is 0 Å². The summed E-state index contributed by atoms with van der Waals surface area (Å²) in [5.41, 5.74) is 10.9. The van der Waals surface area contributed by atoms with Gasteiger partial charge in [0.25, 0.3) is 0 Å². The van der Waals surface area contributed by atoms with E-state index in [1.54, 1.807) is 0 Å². The summed E-state index contributed by atoms with van der Waals surface area (Å²) in [6, 6.07) is 5.71. The van der Waals surface area contributed by atoms with Crippen molar-refractivity contribution < 1.29 is 9.47 Å². The molecule has 1 saturated heterocycles. The first kappa shape index (κ1) is 13.0. The van der Waals surface area contributed by atoms with Crippen LogP contribution in [0.5, 0.6) is 5.75 Å². The Morgan fingerprint density at radius 1 is 1.28 bits per heavy atom. The van der Waals surface area contributed by atoms with Crippen molar-refractivity contribution in [2.24, 2.45) is 0 Å². The van der Waals surface area contributed by atoms with Gasteiger partial charge in [-0.1, -0.05) is 0 Å². The Labute approximate surface area is 108 Å². The van der Waals surface area contributed by atoms with Crippen LogP contribution in [0, 0.1) is 0 Å². The van der Waals surface area contributed by atoms with Crippen LogP contribution in [0.15, 0.2) is 18.2 Å². The van der Waals surface area contributed by atoms with Crippen molar-refractivity contribution in [3.05, 3.63) is 18.2 Å². The van der Waals surface area contributed by atoms with Gasteiger partial charge in [-0.05, 0) is 19.9 Å². The molecular weight excluding hydrogens is 230 g/mol. The summed E-state index contributed by atoms with van der Waals surface area (Å²) in [4.78, 5) is 0. The average Bonchev–Trinajstić information content (AvgIpc) is 2.28. The highest BCUT2D eigenvalue weighted by atomic mass is 16.5. The molecule has 5 heteroatoms. The van der Waals surface area contributed by atoms with E-state index in [1.165, 1.54) is 0 Å². The van der Waals surface area contributed by atoms with Crippen molar-refractivity contribution in [3.8, 4) is 5.75 Å². The molecule has 0 saturated carbocycles. The number of hydrazine groups is 1. The van der Waals surface area contributed by atoms with Crippen LogP contribution in [0.25, 0.3) is 0 Å². The van der Waals surface area contributed by atoms with Gasteiger partial charge in [-0.2, -0.15) is 0 Å². The van der Waals surface area contributed by atoms with Crippen molar-refractivity contribution >= 4 is 11.4 Å². The first-order valence-corrected chi connectivity index (χ1v) is 6.30. The van der Waals surface area contributed by atoms with Gasteiger partial charge < -0.3 is 20.6 Å². The minimum Gasteiger partial charge on any atom is -0.491 e. The highest BCUT2D eigenvalue weighted by Gasteiger charge is 2.11. The van der Waals surface area contributed by atoms with E-state index < -0.39 is 0 Å². The Hall–Kier alpha value is -1.46. The van der Waals surface area contributed by atoms with E-state index in [9.17, 15) is 0 Å². The Kier molecular flexibility index (Phi) is 4.28. The van der Waals surface area contributed by atoms with Gasteiger partial charge in [-0.25, -0.2) is 5.01 Å². The highest BCUT2D eigenvalue weighted by molar-refractivity contribution is 5.58. The molecule has 2 rings (SSSR count). The number of hydrogen-bond acceptors (Lipinski definition) is 5. The van der Waals surface area contributed by atoms with Crippen molar-refractivity contribution in [1.82, 2.24) is 5.01 Å². The maximum absolute atomic E-state index is 5.88. The second kappa shape index (κ2) is 5.93. The molecule has 1 aliphatic rings. The van der Waals surface area contributed by atoms with Crippen LogP contribution in [0.4, 0.5) is 11.4 Å². The fourth-order valence-electron chi connectivity index (χ4n) is 1.88. The molecule has 0 atom stereocenters. The number of nitrogens with zero attached hydrogens (tertiary/aromatic N) is 1. The summed E-state index contributed by atoms with van der Waals surface area (Å²) in [6.45, 7) is 7.25. The van der Waals surface area contributed by atoms with Crippen LogP contribution in [0.2, 0.25) is 0 Å².